The maximum atomic E-state index is 13.8. The number of aromatic nitrogens is 1. The Morgan fingerprint density at radius 2 is 2.10 bits per heavy atom. The smallest absolute Gasteiger partial charge is 0.278 e. The van der Waals surface area contributed by atoms with E-state index in [0.29, 0.717) is 12.2 Å². The molecule has 1 aromatic carbocycles. The van der Waals surface area contributed by atoms with E-state index in [4.69, 9.17) is 16.2 Å². The molecule has 0 saturated heterocycles. The molecule has 0 bridgehead atoms. The topological polar surface area (TPSA) is 83.3 Å². The molecule has 5 nitrogen and oxygen atoms in total. The number of halogens is 1. The number of nitrogen functional groups attached to an aromatic ring is 1. The number of hydrogen-bond acceptors (Lipinski definition) is 4. The van der Waals surface area contributed by atoms with Crippen LogP contribution in [0.5, 0.6) is 0 Å². The van der Waals surface area contributed by atoms with Crippen molar-refractivity contribution in [3.63, 3.8) is 0 Å². The summed E-state index contributed by atoms with van der Waals surface area (Å²) < 4.78 is 20.4. The van der Waals surface area contributed by atoms with E-state index in [-0.39, 0.29) is 24.0 Å². The lowest BCUT2D eigenvalue weighted by Crippen LogP contribution is -2.24. The van der Waals surface area contributed by atoms with Gasteiger partial charge in [-0.25, -0.2) is 4.39 Å². The van der Waals surface area contributed by atoms with Crippen molar-refractivity contribution in [1.82, 2.24) is 4.57 Å². The molecule has 2 rings (SSSR count). The van der Waals surface area contributed by atoms with Crippen LogP contribution >= 0.6 is 0 Å². The fourth-order valence-electron chi connectivity index (χ4n) is 1.93. The highest BCUT2D eigenvalue weighted by atomic mass is 19.1. The average Bonchev–Trinajstić information content (AvgIpc) is 2.43. The monoisotopic (exact) mass is 291 g/mol. The Bertz CT molecular complexity index is 683. The van der Waals surface area contributed by atoms with Crippen LogP contribution in [0.1, 0.15) is 12.5 Å². The van der Waals surface area contributed by atoms with Crippen molar-refractivity contribution in [2.45, 2.75) is 19.6 Å². The van der Waals surface area contributed by atoms with Gasteiger partial charge in [0.25, 0.3) is 5.56 Å². The molecule has 0 unspecified atom stereocenters. The predicted octanol–water partition coefficient (Wildman–Crippen LogP) is 1.42. The first kappa shape index (κ1) is 15.2. The molecule has 6 heteroatoms. The third kappa shape index (κ3) is 3.68. The van der Waals surface area contributed by atoms with Gasteiger partial charge in [0.1, 0.15) is 5.82 Å². The van der Waals surface area contributed by atoms with Crippen molar-refractivity contribution in [1.29, 1.82) is 0 Å². The molecule has 0 aliphatic rings. The molecule has 0 fully saturated rings. The number of rotatable bonds is 5. The Balaban J connectivity index is 2.36. The van der Waals surface area contributed by atoms with Crippen LogP contribution in [0, 0.1) is 5.82 Å². The quantitative estimate of drug-likeness (QED) is 0.872. The second kappa shape index (κ2) is 6.51. The zero-order chi connectivity index (χ0) is 15.4. The molecule has 0 aliphatic carbocycles. The van der Waals surface area contributed by atoms with Crippen molar-refractivity contribution in [3.8, 4) is 5.69 Å². The highest BCUT2D eigenvalue weighted by Gasteiger charge is 2.10. The summed E-state index contributed by atoms with van der Waals surface area (Å²) in [6, 6.07) is 7.46. The van der Waals surface area contributed by atoms with Crippen molar-refractivity contribution >= 4 is 5.69 Å². The average molecular weight is 291 g/mol. The van der Waals surface area contributed by atoms with Gasteiger partial charge < -0.3 is 16.2 Å². The number of para-hydroxylation sites is 1. The first-order chi connectivity index (χ1) is 9.99. The number of benzene rings is 1. The van der Waals surface area contributed by atoms with Gasteiger partial charge in [0.2, 0.25) is 0 Å². The molecule has 0 radical (unpaired) electrons. The van der Waals surface area contributed by atoms with Crippen LogP contribution in [0.4, 0.5) is 10.1 Å². The van der Waals surface area contributed by atoms with Crippen LogP contribution in [-0.2, 0) is 11.3 Å². The van der Waals surface area contributed by atoms with Crippen molar-refractivity contribution in [2.24, 2.45) is 5.73 Å². The van der Waals surface area contributed by atoms with Gasteiger partial charge in [-0.15, -0.1) is 0 Å². The van der Waals surface area contributed by atoms with Gasteiger partial charge >= 0.3 is 0 Å². The molecule has 0 spiro atoms. The van der Waals surface area contributed by atoms with Crippen LogP contribution in [0.15, 0.2) is 41.3 Å². The summed E-state index contributed by atoms with van der Waals surface area (Å²) in [6.45, 7) is 2.47. The molecule has 112 valence electrons. The standard InChI is InChI=1S/C15H18FN3O2/c1-10(17)8-21-9-11-6-13(18)15(20)19(7-11)14-5-3-2-4-12(14)16/h2-7,10H,8-9,17-18H2,1H3/t10-/m1/s1. The highest BCUT2D eigenvalue weighted by Crippen LogP contribution is 2.13. The minimum absolute atomic E-state index is 0.0418. The molecule has 1 atom stereocenters. The fraction of sp³-hybridized carbons (Fsp3) is 0.267. The van der Waals surface area contributed by atoms with Gasteiger partial charge in [-0.05, 0) is 30.7 Å². The van der Waals surface area contributed by atoms with Gasteiger partial charge in [0, 0.05) is 12.2 Å². The molecule has 0 aliphatic heterocycles. The van der Waals surface area contributed by atoms with E-state index in [9.17, 15) is 9.18 Å². The predicted molar refractivity (Wildman–Crippen MR) is 79.7 cm³/mol. The summed E-state index contributed by atoms with van der Waals surface area (Å²) in [5.41, 5.74) is 11.7. The highest BCUT2D eigenvalue weighted by molar-refractivity contribution is 5.43. The number of nitrogens with zero attached hydrogens (tertiary/aromatic N) is 1. The Hall–Kier alpha value is -2.18. The lowest BCUT2D eigenvalue weighted by Gasteiger charge is -2.12. The van der Waals surface area contributed by atoms with Crippen molar-refractivity contribution in [2.75, 3.05) is 12.3 Å². The lowest BCUT2D eigenvalue weighted by atomic mass is 10.2. The molecule has 0 amide bonds. The second-order valence-electron chi connectivity index (χ2n) is 4.92. The zero-order valence-corrected chi connectivity index (χ0v) is 11.8. The first-order valence-electron chi connectivity index (χ1n) is 6.58. The number of hydrogen-bond donors (Lipinski definition) is 2. The minimum atomic E-state index is -0.493. The summed E-state index contributed by atoms with van der Waals surface area (Å²) in [5, 5.41) is 0. The maximum absolute atomic E-state index is 13.8. The molecular formula is C15H18FN3O2. The van der Waals surface area contributed by atoms with Crippen LogP contribution in [0.3, 0.4) is 0 Å². The maximum Gasteiger partial charge on any atom is 0.278 e. The molecule has 4 N–H and O–H groups in total. The lowest BCUT2D eigenvalue weighted by molar-refractivity contribution is 0.111. The van der Waals surface area contributed by atoms with Gasteiger partial charge in [0.05, 0.1) is 24.6 Å². The third-order valence-corrected chi connectivity index (χ3v) is 2.86. The number of pyridine rings is 1. The van der Waals surface area contributed by atoms with E-state index < -0.39 is 11.4 Å². The number of ether oxygens (including phenoxy) is 1. The molecule has 1 aromatic heterocycles. The summed E-state index contributed by atoms with van der Waals surface area (Å²) in [6.07, 6.45) is 1.53. The zero-order valence-electron chi connectivity index (χ0n) is 11.8. The van der Waals surface area contributed by atoms with Gasteiger partial charge in [-0.3, -0.25) is 9.36 Å². The second-order valence-corrected chi connectivity index (χ2v) is 4.92. The van der Waals surface area contributed by atoms with Crippen LogP contribution < -0.4 is 17.0 Å². The van der Waals surface area contributed by atoms with Crippen LogP contribution in [0.25, 0.3) is 5.69 Å². The third-order valence-electron chi connectivity index (χ3n) is 2.86. The van der Waals surface area contributed by atoms with Gasteiger partial charge in [-0.2, -0.15) is 0 Å². The molecule has 1 heterocycles. The molecule has 0 saturated carbocycles. The van der Waals surface area contributed by atoms with E-state index in [1.807, 2.05) is 6.92 Å². The molecule has 2 aromatic rings. The summed E-state index contributed by atoms with van der Waals surface area (Å²) in [5.74, 6) is -0.493. The molecule has 21 heavy (non-hydrogen) atoms. The number of anilines is 1. The Kier molecular flexibility index (Phi) is 4.72. The Morgan fingerprint density at radius 3 is 2.76 bits per heavy atom. The summed E-state index contributed by atoms with van der Waals surface area (Å²) in [7, 11) is 0. The summed E-state index contributed by atoms with van der Waals surface area (Å²) >= 11 is 0. The largest absolute Gasteiger partial charge is 0.394 e. The Morgan fingerprint density at radius 1 is 1.38 bits per heavy atom. The first-order valence-corrected chi connectivity index (χ1v) is 6.58. The fourth-order valence-corrected chi connectivity index (χ4v) is 1.93. The van der Waals surface area contributed by atoms with E-state index >= 15 is 0 Å². The van der Waals surface area contributed by atoms with E-state index in [1.54, 1.807) is 12.1 Å². The SMILES string of the molecule is C[C@@H](N)COCc1cc(N)c(=O)n(-c2ccccc2F)c1. The van der Waals surface area contributed by atoms with Gasteiger partial charge in [-0.1, -0.05) is 12.1 Å². The van der Waals surface area contributed by atoms with E-state index in [2.05, 4.69) is 0 Å². The summed E-state index contributed by atoms with van der Waals surface area (Å²) in [4.78, 5) is 12.1. The van der Waals surface area contributed by atoms with Crippen LogP contribution in [-0.4, -0.2) is 17.2 Å². The normalized spacial score (nSPS) is 12.3. The molecular weight excluding hydrogens is 273 g/mol. The van der Waals surface area contributed by atoms with Crippen molar-refractivity contribution < 1.29 is 9.13 Å². The Labute approximate surface area is 121 Å². The minimum Gasteiger partial charge on any atom is -0.394 e. The van der Waals surface area contributed by atoms with Gasteiger partial charge in [0.15, 0.2) is 0 Å². The van der Waals surface area contributed by atoms with E-state index in [1.165, 1.54) is 29.0 Å². The number of nitrogens with two attached hydrogens (primary N) is 2. The van der Waals surface area contributed by atoms with Crippen molar-refractivity contribution in [3.05, 3.63) is 58.3 Å². The van der Waals surface area contributed by atoms with E-state index in [0.717, 1.165) is 0 Å². The van der Waals surface area contributed by atoms with Crippen LogP contribution in [0.2, 0.25) is 0 Å².